The van der Waals surface area contributed by atoms with Crippen molar-refractivity contribution in [2.24, 2.45) is 0 Å². The molecule has 0 aromatic carbocycles. The minimum atomic E-state index is 0.181. The van der Waals surface area contributed by atoms with Gasteiger partial charge in [-0.1, -0.05) is 0 Å². The van der Waals surface area contributed by atoms with Gasteiger partial charge < -0.3 is 14.5 Å². The number of ether oxygens (including phenoxy) is 1. The number of anilines is 1. The predicted octanol–water partition coefficient (Wildman–Crippen LogP) is 1.45. The van der Waals surface area contributed by atoms with Crippen molar-refractivity contribution < 1.29 is 4.74 Å². The first-order valence-electron chi connectivity index (χ1n) is 6.56. The Morgan fingerprint density at radius 1 is 1.37 bits per heavy atom. The third kappa shape index (κ3) is 3.67. The standard InChI is InChI=1S/C12H20ClN5O/c1-4-19-12-15-10(13)14-11(16-12)18-7-5-6-9(8-18)17(2)3/h9H,4-8H2,1-3H3. The Bertz CT molecular complexity index is 429. The molecule has 1 saturated heterocycles. The lowest BCUT2D eigenvalue weighted by Crippen LogP contribution is -2.45. The van der Waals surface area contributed by atoms with E-state index in [1.165, 1.54) is 6.42 Å². The Kier molecular flexibility index (Phi) is 4.76. The van der Waals surface area contributed by atoms with Gasteiger partial charge in [-0.3, -0.25) is 0 Å². The van der Waals surface area contributed by atoms with Crippen molar-refractivity contribution in [1.29, 1.82) is 0 Å². The molecule has 0 aliphatic carbocycles. The quantitative estimate of drug-likeness (QED) is 0.835. The predicted molar refractivity (Wildman–Crippen MR) is 74.9 cm³/mol. The molecule has 106 valence electrons. The average molecular weight is 286 g/mol. The first-order chi connectivity index (χ1) is 9.10. The van der Waals surface area contributed by atoms with E-state index in [4.69, 9.17) is 16.3 Å². The van der Waals surface area contributed by atoms with Gasteiger partial charge >= 0.3 is 6.01 Å². The second-order valence-corrected chi connectivity index (χ2v) is 5.16. The Morgan fingerprint density at radius 3 is 2.84 bits per heavy atom. The minimum absolute atomic E-state index is 0.181. The van der Waals surface area contributed by atoms with Gasteiger partial charge in [0, 0.05) is 19.1 Å². The van der Waals surface area contributed by atoms with Gasteiger partial charge in [-0.25, -0.2) is 0 Å². The Hall–Kier alpha value is -1.14. The van der Waals surface area contributed by atoms with Crippen molar-refractivity contribution in [3.63, 3.8) is 0 Å². The molecular weight excluding hydrogens is 266 g/mol. The molecule has 1 fully saturated rings. The first-order valence-corrected chi connectivity index (χ1v) is 6.93. The van der Waals surface area contributed by atoms with E-state index < -0.39 is 0 Å². The summed E-state index contributed by atoms with van der Waals surface area (Å²) in [6.07, 6.45) is 2.32. The minimum Gasteiger partial charge on any atom is -0.464 e. The number of aromatic nitrogens is 3. The van der Waals surface area contributed by atoms with Gasteiger partial charge in [0.15, 0.2) is 0 Å². The number of hydrogen-bond acceptors (Lipinski definition) is 6. The molecule has 0 saturated carbocycles. The largest absolute Gasteiger partial charge is 0.464 e. The molecule has 0 radical (unpaired) electrons. The van der Waals surface area contributed by atoms with Crippen LogP contribution in [0.3, 0.4) is 0 Å². The van der Waals surface area contributed by atoms with Crippen molar-refractivity contribution in [2.75, 3.05) is 38.7 Å². The van der Waals surface area contributed by atoms with Crippen LogP contribution in [-0.4, -0.2) is 59.7 Å². The Balaban J connectivity index is 2.16. The van der Waals surface area contributed by atoms with E-state index in [2.05, 4.69) is 38.8 Å². The summed E-state index contributed by atoms with van der Waals surface area (Å²) in [7, 11) is 4.19. The second kappa shape index (κ2) is 6.34. The molecule has 2 heterocycles. The van der Waals surface area contributed by atoms with Crippen molar-refractivity contribution >= 4 is 17.5 Å². The smallest absolute Gasteiger partial charge is 0.322 e. The lowest BCUT2D eigenvalue weighted by Gasteiger charge is -2.36. The maximum absolute atomic E-state index is 5.92. The summed E-state index contributed by atoms with van der Waals surface area (Å²) in [5, 5.41) is 0.181. The third-order valence-electron chi connectivity index (χ3n) is 3.26. The maximum atomic E-state index is 5.92. The zero-order valence-corrected chi connectivity index (χ0v) is 12.4. The molecule has 0 amide bonds. The molecule has 2 rings (SSSR count). The van der Waals surface area contributed by atoms with Crippen molar-refractivity contribution in [1.82, 2.24) is 19.9 Å². The van der Waals surface area contributed by atoms with Gasteiger partial charge in [0.25, 0.3) is 0 Å². The highest BCUT2D eigenvalue weighted by molar-refractivity contribution is 6.28. The van der Waals surface area contributed by atoms with Crippen LogP contribution in [0.4, 0.5) is 5.95 Å². The second-order valence-electron chi connectivity index (χ2n) is 4.83. The van der Waals surface area contributed by atoms with E-state index in [1.807, 2.05) is 6.92 Å². The summed E-state index contributed by atoms with van der Waals surface area (Å²) in [5.41, 5.74) is 0. The van der Waals surface area contributed by atoms with Crippen LogP contribution in [0, 0.1) is 0 Å². The van der Waals surface area contributed by atoms with Gasteiger partial charge in [0.05, 0.1) is 6.61 Å². The number of rotatable bonds is 4. The van der Waals surface area contributed by atoms with E-state index in [1.54, 1.807) is 0 Å². The van der Waals surface area contributed by atoms with Crippen LogP contribution in [0.15, 0.2) is 0 Å². The lowest BCUT2D eigenvalue weighted by atomic mass is 10.1. The number of nitrogens with zero attached hydrogens (tertiary/aromatic N) is 5. The van der Waals surface area contributed by atoms with Crippen LogP contribution < -0.4 is 9.64 Å². The van der Waals surface area contributed by atoms with Crippen LogP contribution in [-0.2, 0) is 0 Å². The van der Waals surface area contributed by atoms with Crippen molar-refractivity contribution in [3.8, 4) is 6.01 Å². The fourth-order valence-electron chi connectivity index (χ4n) is 2.21. The van der Waals surface area contributed by atoms with Crippen LogP contribution in [0.25, 0.3) is 0 Å². The topological polar surface area (TPSA) is 54.4 Å². The van der Waals surface area contributed by atoms with Crippen molar-refractivity contribution in [3.05, 3.63) is 5.28 Å². The van der Waals surface area contributed by atoms with Gasteiger partial charge in [-0.2, -0.15) is 15.0 Å². The highest BCUT2D eigenvalue weighted by Crippen LogP contribution is 2.21. The molecule has 1 aliphatic heterocycles. The molecule has 1 atom stereocenters. The molecule has 7 heteroatoms. The zero-order chi connectivity index (χ0) is 13.8. The monoisotopic (exact) mass is 285 g/mol. The summed E-state index contributed by atoms with van der Waals surface area (Å²) in [4.78, 5) is 16.9. The molecule has 1 aromatic heterocycles. The van der Waals surface area contributed by atoms with E-state index in [0.29, 0.717) is 24.6 Å². The molecule has 0 spiro atoms. The maximum Gasteiger partial charge on any atom is 0.322 e. The molecule has 6 nitrogen and oxygen atoms in total. The first kappa shape index (κ1) is 14.3. The molecule has 0 bridgehead atoms. The number of halogens is 1. The average Bonchev–Trinajstić information content (AvgIpc) is 2.38. The molecule has 19 heavy (non-hydrogen) atoms. The fraction of sp³-hybridized carbons (Fsp3) is 0.750. The lowest BCUT2D eigenvalue weighted by molar-refractivity contribution is 0.256. The summed E-state index contributed by atoms with van der Waals surface area (Å²) >= 11 is 5.92. The summed E-state index contributed by atoms with van der Waals surface area (Å²) in [6.45, 7) is 4.25. The molecule has 1 aliphatic rings. The van der Waals surface area contributed by atoms with Gasteiger partial charge in [-0.05, 0) is 45.5 Å². The SMILES string of the molecule is CCOc1nc(Cl)nc(N2CCCC(N(C)C)C2)n1. The Morgan fingerprint density at radius 2 is 2.16 bits per heavy atom. The molecular formula is C12H20ClN5O. The van der Waals surface area contributed by atoms with Gasteiger partial charge in [0.1, 0.15) is 0 Å². The van der Waals surface area contributed by atoms with E-state index in [-0.39, 0.29) is 5.28 Å². The fourth-order valence-corrected chi connectivity index (χ4v) is 2.36. The third-order valence-corrected chi connectivity index (χ3v) is 3.43. The number of piperidine rings is 1. The van der Waals surface area contributed by atoms with Crippen LogP contribution in [0.1, 0.15) is 19.8 Å². The van der Waals surface area contributed by atoms with E-state index >= 15 is 0 Å². The highest BCUT2D eigenvalue weighted by atomic mass is 35.5. The normalized spacial score (nSPS) is 19.8. The Labute approximate surface area is 118 Å². The number of hydrogen-bond donors (Lipinski definition) is 0. The molecule has 1 unspecified atom stereocenters. The van der Waals surface area contributed by atoms with E-state index in [9.17, 15) is 0 Å². The van der Waals surface area contributed by atoms with Crippen molar-refractivity contribution in [2.45, 2.75) is 25.8 Å². The summed E-state index contributed by atoms with van der Waals surface area (Å²) in [5.74, 6) is 0.606. The van der Waals surface area contributed by atoms with Crippen LogP contribution in [0.5, 0.6) is 6.01 Å². The molecule has 1 aromatic rings. The van der Waals surface area contributed by atoms with Gasteiger partial charge in [-0.15, -0.1) is 0 Å². The highest BCUT2D eigenvalue weighted by Gasteiger charge is 2.24. The van der Waals surface area contributed by atoms with Gasteiger partial charge in [0.2, 0.25) is 11.2 Å². The zero-order valence-electron chi connectivity index (χ0n) is 11.6. The summed E-state index contributed by atoms with van der Waals surface area (Å²) in [6, 6.07) is 0.810. The van der Waals surface area contributed by atoms with Crippen LogP contribution >= 0.6 is 11.6 Å². The number of likely N-dealkylation sites (N-methyl/N-ethyl adjacent to an activating group) is 1. The summed E-state index contributed by atoms with van der Waals surface area (Å²) < 4.78 is 5.31. The van der Waals surface area contributed by atoms with Crippen LogP contribution in [0.2, 0.25) is 5.28 Å². The van der Waals surface area contributed by atoms with E-state index in [0.717, 1.165) is 19.5 Å². The molecule has 0 N–H and O–H groups in total.